The largest absolute Gasteiger partial charge is 0.313 e. The number of rotatable bonds is 6. The van der Waals surface area contributed by atoms with E-state index in [1.807, 2.05) is 6.08 Å². The summed E-state index contributed by atoms with van der Waals surface area (Å²) in [7, 11) is 0. The molecule has 0 bridgehead atoms. The highest BCUT2D eigenvalue weighted by atomic mass is 32.1. The van der Waals surface area contributed by atoms with E-state index in [1.54, 1.807) is 11.3 Å². The van der Waals surface area contributed by atoms with Crippen LogP contribution >= 0.6 is 11.3 Å². The number of hydrogen-bond donors (Lipinski definition) is 1. The molecule has 112 valence electrons. The zero-order chi connectivity index (χ0) is 15.3. The van der Waals surface area contributed by atoms with E-state index in [2.05, 4.69) is 62.3 Å². The van der Waals surface area contributed by atoms with Crippen LogP contribution < -0.4 is 5.32 Å². The molecule has 2 aromatic rings. The molecule has 0 radical (unpaired) electrons. The van der Waals surface area contributed by atoms with Gasteiger partial charge < -0.3 is 5.32 Å². The maximum absolute atomic E-state index is 4.72. The lowest BCUT2D eigenvalue weighted by molar-refractivity contribution is 0.590. The fraction of sp³-hybridized carbons (Fsp3) is 0.389. The minimum atomic E-state index is 0.197. The highest BCUT2D eigenvalue weighted by molar-refractivity contribution is 7.09. The molecular formula is C18H24N2S. The Balaban J connectivity index is 2.02. The minimum Gasteiger partial charge on any atom is -0.313 e. The summed E-state index contributed by atoms with van der Waals surface area (Å²) in [4.78, 5) is 4.72. The topological polar surface area (TPSA) is 24.9 Å². The SMILES string of the molecule is C=CCNCCc1nc(-c2ccc(C(C)(C)C)cc2)cs1. The number of benzene rings is 1. The minimum absolute atomic E-state index is 0.197. The highest BCUT2D eigenvalue weighted by Gasteiger charge is 2.13. The molecule has 3 heteroatoms. The van der Waals surface area contributed by atoms with E-state index in [9.17, 15) is 0 Å². The van der Waals surface area contributed by atoms with Crippen molar-refractivity contribution in [2.45, 2.75) is 32.6 Å². The van der Waals surface area contributed by atoms with E-state index in [0.29, 0.717) is 0 Å². The molecule has 1 aromatic heterocycles. The van der Waals surface area contributed by atoms with Gasteiger partial charge in [-0.05, 0) is 11.0 Å². The molecule has 1 N–H and O–H groups in total. The third-order valence-electron chi connectivity index (χ3n) is 3.40. The Labute approximate surface area is 131 Å². The first-order valence-electron chi connectivity index (χ1n) is 7.37. The predicted molar refractivity (Wildman–Crippen MR) is 93.0 cm³/mol. The van der Waals surface area contributed by atoms with Gasteiger partial charge in [0.15, 0.2) is 0 Å². The number of aromatic nitrogens is 1. The van der Waals surface area contributed by atoms with Gasteiger partial charge in [-0.1, -0.05) is 51.1 Å². The van der Waals surface area contributed by atoms with Gasteiger partial charge in [0.05, 0.1) is 10.7 Å². The monoisotopic (exact) mass is 300 g/mol. The summed E-state index contributed by atoms with van der Waals surface area (Å²) in [6, 6.07) is 8.77. The van der Waals surface area contributed by atoms with Crippen molar-refractivity contribution < 1.29 is 0 Å². The maximum atomic E-state index is 4.72. The van der Waals surface area contributed by atoms with Crippen LogP contribution in [0.15, 0.2) is 42.3 Å². The Morgan fingerprint density at radius 1 is 1.24 bits per heavy atom. The fourth-order valence-corrected chi connectivity index (χ4v) is 2.91. The van der Waals surface area contributed by atoms with E-state index in [0.717, 1.165) is 25.2 Å². The van der Waals surface area contributed by atoms with Crippen LogP contribution in [0.3, 0.4) is 0 Å². The smallest absolute Gasteiger partial charge is 0.0945 e. The summed E-state index contributed by atoms with van der Waals surface area (Å²) in [6.07, 6.45) is 2.85. The molecule has 0 atom stereocenters. The summed E-state index contributed by atoms with van der Waals surface area (Å²) >= 11 is 1.74. The first-order chi connectivity index (χ1) is 10.0. The average Bonchev–Trinajstić information content (AvgIpc) is 2.92. The van der Waals surface area contributed by atoms with Gasteiger partial charge in [-0.3, -0.25) is 0 Å². The number of hydrogen-bond acceptors (Lipinski definition) is 3. The van der Waals surface area contributed by atoms with Gasteiger partial charge in [-0.2, -0.15) is 0 Å². The number of nitrogens with one attached hydrogen (secondary N) is 1. The van der Waals surface area contributed by atoms with Crippen LogP contribution in [0.1, 0.15) is 31.3 Å². The first-order valence-corrected chi connectivity index (χ1v) is 8.25. The van der Waals surface area contributed by atoms with E-state index in [-0.39, 0.29) is 5.41 Å². The molecule has 21 heavy (non-hydrogen) atoms. The van der Waals surface area contributed by atoms with Crippen LogP contribution in [-0.4, -0.2) is 18.1 Å². The van der Waals surface area contributed by atoms with Gasteiger partial charge in [-0.15, -0.1) is 17.9 Å². The Morgan fingerprint density at radius 2 is 1.95 bits per heavy atom. The van der Waals surface area contributed by atoms with Gasteiger partial charge in [0.1, 0.15) is 0 Å². The molecule has 1 aromatic carbocycles. The second kappa shape index (κ2) is 7.01. The molecule has 0 saturated heterocycles. The summed E-state index contributed by atoms with van der Waals surface area (Å²) in [6.45, 7) is 12.2. The lowest BCUT2D eigenvalue weighted by Gasteiger charge is -2.18. The van der Waals surface area contributed by atoms with Crippen molar-refractivity contribution in [3.8, 4) is 11.3 Å². The normalized spacial score (nSPS) is 11.6. The van der Waals surface area contributed by atoms with Crippen molar-refractivity contribution in [1.29, 1.82) is 0 Å². The summed E-state index contributed by atoms with van der Waals surface area (Å²) in [5.74, 6) is 0. The predicted octanol–water partition coefficient (Wildman–Crippen LogP) is 4.43. The van der Waals surface area contributed by atoms with Crippen molar-refractivity contribution in [2.75, 3.05) is 13.1 Å². The third kappa shape index (κ3) is 4.51. The van der Waals surface area contributed by atoms with E-state index in [1.165, 1.54) is 16.1 Å². The number of thiazole rings is 1. The van der Waals surface area contributed by atoms with Gasteiger partial charge >= 0.3 is 0 Å². The second-order valence-electron chi connectivity index (χ2n) is 6.20. The molecule has 0 spiro atoms. The van der Waals surface area contributed by atoms with Gasteiger partial charge in [0.2, 0.25) is 0 Å². The molecule has 0 aliphatic carbocycles. The average molecular weight is 300 g/mol. The molecule has 0 aliphatic rings. The van der Waals surface area contributed by atoms with Gasteiger partial charge in [-0.25, -0.2) is 4.98 Å². The summed E-state index contributed by atoms with van der Waals surface area (Å²) in [5.41, 5.74) is 3.84. The summed E-state index contributed by atoms with van der Waals surface area (Å²) < 4.78 is 0. The lowest BCUT2D eigenvalue weighted by Crippen LogP contribution is -2.16. The Bertz CT molecular complexity index is 576. The van der Waals surface area contributed by atoms with Crippen molar-refractivity contribution in [2.24, 2.45) is 0 Å². The van der Waals surface area contributed by atoms with Crippen molar-refractivity contribution >= 4 is 11.3 Å². The van der Waals surface area contributed by atoms with Crippen molar-refractivity contribution in [1.82, 2.24) is 10.3 Å². The maximum Gasteiger partial charge on any atom is 0.0945 e. The van der Waals surface area contributed by atoms with Crippen LogP contribution in [0.25, 0.3) is 11.3 Å². The van der Waals surface area contributed by atoms with Crippen LogP contribution in [0.5, 0.6) is 0 Å². The Morgan fingerprint density at radius 3 is 2.57 bits per heavy atom. The molecule has 1 heterocycles. The van der Waals surface area contributed by atoms with Gasteiger partial charge in [0, 0.05) is 30.5 Å². The molecule has 0 saturated carbocycles. The zero-order valence-corrected chi connectivity index (χ0v) is 14.0. The Kier molecular flexibility index (Phi) is 5.32. The number of nitrogens with zero attached hydrogens (tertiary/aromatic N) is 1. The quantitative estimate of drug-likeness (QED) is 0.631. The molecule has 0 aliphatic heterocycles. The fourth-order valence-electron chi connectivity index (χ4n) is 2.10. The molecule has 0 amide bonds. The Hall–Kier alpha value is -1.45. The van der Waals surface area contributed by atoms with Crippen LogP contribution in [0, 0.1) is 0 Å². The zero-order valence-electron chi connectivity index (χ0n) is 13.1. The molecule has 0 fully saturated rings. The first kappa shape index (κ1) is 15.9. The summed E-state index contributed by atoms with van der Waals surface area (Å²) in [5, 5.41) is 6.63. The van der Waals surface area contributed by atoms with E-state index in [4.69, 9.17) is 4.98 Å². The van der Waals surface area contributed by atoms with Crippen LogP contribution in [0.4, 0.5) is 0 Å². The van der Waals surface area contributed by atoms with E-state index < -0.39 is 0 Å². The van der Waals surface area contributed by atoms with Crippen LogP contribution in [0.2, 0.25) is 0 Å². The van der Waals surface area contributed by atoms with Crippen LogP contribution in [-0.2, 0) is 11.8 Å². The standard InChI is InChI=1S/C18H24N2S/c1-5-11-19-12-10-17-20-16(13-21-17)14-6-8-15(9-7-14)18(2,3)4/h5-9,13,19H,1,10-12H2,2-4H3. The van der Waals surface area contributed by atoms with Crippen molar-refractivity contribution in [3.05, 3.63) is 52.9 Å². The van der Waals surface area contributed by atoms with Crippen molar-refractivity contribution in [3.63, 3.8) is 0 Å². The molecular weight excluding hydrogens is 276 g/mol. The molecule has 2 rings (SSSR count). The molecule has 0 unspecified atom stereocenters. The van der Waals surface area contributed by atoms with E-state index >= 15 is 0 Å². The highest BCUT2D eigenvalue weighted by Crippen LogP contribution is 2.27. The third-order valence-corrected chi connectivity index (χ3v) is 4.31. The van der Waals surface area contributed by atoms with Gasteiger partial charge in [0.25, 0.3) is 0 Å². The lowest BCUT2D eigenvalue weighted by atomic mass is 9.86. The second-order valence-corrected chi connectivity index (χ2v) is 7.14. The molecule has 2 nitrogen and oxygen atoms in total.